The first-order chi connectivity index (χ1) is 12.1. The molecule has 0 radical (unpaired) electrons. The van der Waals surface area contributed by atoms with Crippen LogP contribution in [0.15, 0.2) is 54.6 Å². The van der Waals surface area contributed by atoms with Crippen molar-refractivity contribution in [3.63, 3.8) is 0 Å². The second-order valence-electron chi connectivity index (χ2n) is 6.71. The lowest BCUT2D eigenvalue weighted by Gasteiger charge is -2.27. The number of para-hydroxylation sites is 1. The molecule has 0 saturated carbocycles. The third-order valence-electron chi connectivity index (χ3n) is 3.84. The molecule has 0 aromatic heterocycles. The predicted molar refractivity (Wildman–Crippen MR) is 101 cm³/mol. The summed E-state index contributed by atoms with van der Waals surface area (Å²) in [5.41, 5.74) is 1.21. The van der Waals surface area contributed by atoms with Crippen LogP contribution in [0.2, 0.25) is 0 Å². The van der Waals surface area contributed by atoms with Crippen LogP contribution in [0.1, 0.15) is 19.4 Å². The van der Waals surface area contributed by atoms with Gasteiger partial charge in [-0.1, -0.05) is 44.2 Å². The van der Waals surface area contributed by atoms with E-state index in [1.54, 1.807) is 7.11 Å². The van der Waals surface area contributed by atoms with Gasteiger partial charge in [-0.05, 0) is 35.7 Å². The number of hydrogen-bond donors (Lipinski definition) is 1. The van der Waals surface area contributed by atoms with Gasteiger partial charge >= 0.3 is 0 Å². The fraction of sp³-hybridized carbons (Fsp3) is 0.429. The Morgan fingerprint density at radius 2 is 1.60 bits per heavy atom. The largest absolute Gasteiger partial charge is 0.497 e. The fourth-order valence-electron chi connectivity index (χ4n) is 2.77. The minimum Gasteiger partial charge on any atom is -0.497 e. The third-order valence-corrected chi connectivity index (χ3v) is 3.84. The standard InChI is InChI=1S/C21H29NO3/c1-17(2)13-22(14-18-9-11-20(24-3)12-10-18)15-19(23)16-25-21-7-5-4-6-8-21/h4-12,17,19,23H,13-16H2,1-3H3/t19-/m0/s1. The highest BCUT2D eigenvalue weighted by Crippen LogP contribution is 2.15. The lowest BCUT2D eigenvalue weighted by Crippen LogP contribution is -2.37. The molecule has 0 spiro atoms. The SMILES string of the molecule is COc1ccc(CN(CC(C)C)C[C@H](O)COc2ccccc2)cc1. The summed E-state index contributed by atoms with van der Waals surface area (Å²) in [5, 5.41) is 10.4. The van der Waals surface area contributed by atoms with Gasteiger partial charge in [0, 0.05) is 19.6 Å². The molecule has 0 amide bonds. The van der Waals surface area contributed by atoms with Crippen molar-refractivity contribution in [2.75, 3.05) is 26.8 Å². The molecule has 25 heavy (non-hydrogen) atoms. The average molecular weight is 343 g/mol. The Bertz CT molecular complexity index is 598. The van der Waals surface area contributed by atoms with Crippen LogP contribution < -0.4 is 9.47 Å². The lowest BCUT2D eigenvalue weighted by molar-refractivity contribution is 0.0615. The van der Waals surface area contributed by atoms with E-state index in [9.17, 15) is 5.11 Å². The van der Waals surface area contributed by atoms with Crippen LogP contribution in [0.4, 0.5) is 0 Å². The molecule has 0 unspecified atom stereocenters. The van der Waals surface area contributed by atoms with Crippen LogP contribution in [0, 0.1) is 5.92 Å². The molecule has 2 aromatic rings. The summed E-state index contributed by atoms with van der Waals surface area (Å²) >= 11 is 0. The zero-order chi connectivity index (χ0) is 18.1. The van der Waals surface area contributed by atoms with E-state index < -0.39 is 6.10 Å². The van der Waals surface area contributed by atoms with Gasteiger partial charge in [0.1, 0.15) is 24.2 Å². The molecule has 4 nitrogen and oxygen atoms in total. The molecule has 0 aliphatic carbocycles. The van der Waals surface area contributed by atoms with E-state index in [0.717, 1.165) is 24.6 Å². The summed E-state index contributed by atoms with van der Waals surface area (Å²) in [6.45, 7) is 6.97. The van der Waals surface area contributed by atoms with E-state index in [2.05, 4.69) is 30.9 Å². The fourth-order valence-corrected chi connectivity index (χ4v) is 2.77. The van der Waals surface area contributed by atoms with E-state index >= 15 is 0 Å². The molecule has 2 rings (SSSR count). The van der Waals surface area contributed by atoms with Crippen LogP contribution in [-0.2, 0) is 6.54 Å². The Morgan fingerprint density at radius 3 is 2.20 bits per heavy atom. The Morgan fingerprint density at radius 1 is 0.920 bits per heavy atom. The molecule has 0 aliphatic rings. The van der Waals surface area contributed by atoms with Gasteiger partial charge in [0.2, 0.25) is 0 Å². The highest BCUT2D eigenvalue weighted by atomic mass is 16.5. The molecule has 1 N–H and O–H groups in total. The molecule has 0 fully saturated rings. The topological polar surface area (TPSA) is 41.9 Å². The first-order valence-electron chi connectivity index (χ1n) is 8.78. The number of ether oxygens (including phenoxy) is 2. The van der Waals surface area contributed by atoms with Gasteiger partial charge < -0.3 is 14.6 Å². The Kier molecular flexibility index (Phi) is 7.76. The minimum atomic E-state index is -0.530. The number of benzene rings is 2. The zero-order valence-electron chi connectivity index (χ0n) is 15.4. The Hall–Kier alpha value is -2.04. The smallest absolute Gasteiger partial charge is 0.119 e. The molecule has 0 heterocycles. The molecule has 136 valence electrons. The van der Waals surface area contributed by atoms with Crippen LogP contribution >= 0.6 is 0 Å². The zero-order valence-corrected chi connectivity index (χ0v) is 15.4. The van der Waals surface area contributed by atoms with Crippen LogP contribution in [0.3, 0.4) is 0 Å². The molecular weight excluding hydrogens is 314 g/mol. The van der Waals surface area contributed by atoms with Crippen molar-refractivity contribution >= 4 is 0 Å². The molecule has 0 saturated heterocycles. The number of aliphatic hydroxyl groups is 1. The van der Waals surface area contributed by atoms with Crippen molar-refractivity contribution in [1.29, 1.82) is 0 Å². The average Bonchev–Trinajstić information content (AvgIpc) is 2.61. The number of rotatable bonds is 10. The number of nitrogens with zero attached hydrogens (tertiary/aromatic N) is 1. The van der Waals surface area contributed by atoms with E-state index in [-0.39, 0.29) is 0 Å². The summed E-state index contributed by atoms with van der Waals surface area (Å²) in [6.07, 6.45) is -0.530. The summed E-state index contributed by atoms with van der Waals surface area (Å²) in [4.78, 5) is 2.27. The summed E-state index contributed by atoms with van der Waals surface area (Å²) < 4.78 is 10.9. The predicted octanol–water partition coefficient (Wildman–Crippen LogP) is 3.59. The molecule has 0 bridgehead atoms. The maximum atomic E-state index is 10.4. The number of methoxy groups -OCH3 is 1. The van der Waals surface area contributed by atoms with E-state index in [4.69, 9.17) is 9.47 Å². The molecule has 0 aliphatic heterocycles. The van der Waals surface area contributed by atoms with Crippen molar-refractivity contribution in [3.8, 4) is 11.5 Å². The third kappa shape index (κ3) is 7.16. The van der Waals surface area contributed by atoms with Gasteiger partial charge in [0.05, 0.1) is 7.11 Å². The van der Waals surface area contributed by atoms with Gasteiger partial charge in [0.25, 0.3) is 0 Å². The second-order valence-corrected chi connectivity index (χ2v) is 6.71. The van der Waals surface area contributed by atoms with Crippen molar-refractivity contribution in [3.05, 3.63) is 60.2 Å². The van der Waals surface area contributed by atoms with Gasteiger partial charge in [-0.25, -0.2) is 0 Å². The van der Waals surface area contributed by atoms with Gasteiger partial charge in [0.15, 0.2) is 0 Å². The first kappa shape index (κ1) is 19.3. The van der Waals surface area contributed by atoms with Gasteiger partial charge in [-0.2, -0.15) is 0 Å². The van der Waals surface area contributed by atoms with Crippen molar-refractivity contribution in [2.24, 2.45) is 5.92 Å². The van der Waals surface area contributed by atoms with Crippen molar-refractivity contribution in [2.45, 2.75) is 26.5 Å². The number of aliphatic hydroxyl groups excluding tert-OH is 1. The van der Waals surface area contributed by atoms with E-state index in [1.807, 2.05) is 42.5 Å². The van der Waals surface area contributed by atoms with Gasteiger partial charge in [-0.15, -0.1) is 0 Å². The van der Waals surface area contributed by atoms with Crippen molar-refractivity contribution < 1.29 is 14.6 Å². The maximum absolute atomic E-state index is 10.4. The lowest BCUT2D eigenvalue weighted by atomic mass is 10.1. The first-order valence-corrected chi connectivity index (χ1v) is 8.78. The quantitative estimate of drug-likeness (QED) is 0.716. The molecular formula is C21H29NO3. The maximum Gasteiger partial charge on any atom is 0.119 e. The Balaban J connectivity index is 1.89. The molecule has 2 aromatic carbocycles. The minimum absolute atomic E-state index is 0.293. The van der Waals surface area contributed by atoms with Gasteiger partial charge in [-0.3, -0.25) is 4.90 Å². The van der Waals surface area contributed by atoms with E-state index in [0.29, 0.717) is 19.1 Å². The Labute approximate surface area is 151 Å². The normalized spacial score (nSPS) is 12.4. The van der Waals surface area contributed by atoms with Crippen LogP contribution in [0.5, 0.6) is 11.5 Å². The highest BCUT2D eigenvalue weighted by Gasteiger charge is 2.14. The summed E-state index contributed by atoms with van der Waals surface area (Å²) in [7, 11) is 1.67. The van der Waals surface area contributed by atoms with Crippen LogP contribution in [-0.4, -0.2) is 42.9 Å². The summed E-state index contributed by atoms with van der Waals surface area (Å²) in [5.74, 6) is 2.17. The second kappa shape index (κ2) is 10.1. The van der Waals surface area contributed by atoms with Crippen LogP contribution in [0.25, 0.3) is 0 Å². The summed E-state index contributed by atoms with van der Waals surface area (Å²) in [6, 6.07) is 17.7. The van der Waals surface area contributed by atoms with E-state index in [1.165, 1.54) is 5.56 Å². The molecule has 4 heteroatoms. The monoisotopic (exact) mass is 343 g/mol. The van der Waals surface area contributed by atoms with Crippen molar-refractivity contribution in [1.82, 2.24) is 4.90 Å². The number of hydrogen-bond acceptors (Lipinski definition) is 4. The molecule has 1 atom stereocenters. The highest BCUT2D eigenvalue weighted by molar-refractivity contribution is 5.27.